The Balaban J connectivity index is 1.52. The monoisotopic (exact) mass is 453 g/mol. The molecular formula is C23H28ClN7O. The molecular weight excluding hydrogens is 426 g/mol. The molecule has 2 atom stereocenters. The third-order valence-electron chi connectivity index (χ3n) is 6.87. The molecule has 0 radical (unpaired) electrons. The maximum absolute atomic E-state index is 9.24. The second kappa shape index (κ2) is 8.30. The number of likely N-dealkylation sites (tertiary alicyclic amines) is 1. The molecule has 8 nitrogen and oxygen atoms in total. The lowest BCUT2D eigenvalue weighted by atomic mass is 10.0. The molecule has 32 heavy (non-hydrogen) atoms. The molecule has 5 rings (SSSR count). The second-order valence-electron chi connectivity index (χ2n) is 8.99. The van der Waals surface area contributed by atoms with Crippen LogP contribution in [0.15, 0.2) is 18.5 Å². The van der Waals surface area contributed by atoms with Gasteiger partial charge in [0.05, 0.1) is 23.5 Å². The van der Waals surface area contributed by atoms with Gasteiger partial charge in [-0.1, -0.05) is 11.6 Å². The average molecular weight is 454 g/mol. The maximum Gasteiger partial charge on any atom is 0.179 e. The quantitative estimate of drug-likeness (QED) is 0.565. The summed E-state index contributed by atoms with van der Waals surface area (Å²) in [6, 6.07) is 2.05. The molecule has 5 heterocycles. The first-order valence-electron chi connectivity index (χ1n) is 11.2. The van der Waals surface area contributed by atoms with E-state index in [0.717, 1.165) is 60.6 Å². The summed E-state index contributed by atoms with van der Waals surface area (Å²) in [5.74, 6) is 1.23. The van der Waals surface area contributed by atoms with Crippen LogP contribution in [0.4, 0.5) is 0 Å². The number of halogens is 1. The van der Waals surface area contributed by atoms with Crippen molar-refractivity contribution in [2.75, 3.05) is 33.2 Å². The smallest absolute Gasteiger partial charge is 0.179 e. The minimum absolute atomic E-state index is 0.0711. The van der Waals surface area contributed by atoms with E-state index in [-0.39, 0.29) is 6.10 Å². The van der Waals surface area contributed by atoms with Crippen molar-refractivity contribution in [2.24, 2.45) is 5.92 Å². The fourth-order valence-electron chi connectivity index (χ4n) is 4.95. The number of ether oxygens (including phenoxy) is 1. The van der Waals surface area contributed by atoms with Gasteiger partial charge in [0.25, 0.3) is 0 Å². The molecule has 2 aliphatic rings. The summed E-state index contributed by atoms with van der Waals surface area (Å²) < 4.78 is 10.3. The SMILES string of the molecule is Cc1c(-c2cc(OC(C)C3CCN(C)C3)c3c(Cl)cnn3c2)nn2c1CCN(C#N)CC2. The van der Waals surface area contributed by atoms with Crippen molar-refractivity contribution in [3.8, 4) is 23.2 Å². The predicted molar refractivity (Wildman–Crippen MR) is 123 cm³/mol. The van der Waals surface area contributed by atoms with E-state index in [1.807, 2.05) is 10.9 Å². The Bertz CT molecular complexity index is 1190. The van der Waals surface area contributed by atoms with Gasteiger partial charge in [0.15, 0.2) is 6.19 Å². The molecule has 2 aliphatic heterocycles. The molecule has 3 aromatic rings. The molecule has 0 aromatic carbocycles. The van der Waals surface area contributed by atoms with E-state index in [2.05, 4.69) is 43.2 Å². The number of hydrogen-bond acceptors (Lipinski definition) is 6. The molecule has 3 aromatic heterocycles. The highest BCUT2D eigenvalue weighted by atomic mass is 35.5. The van der Waals surface area contributed by atoms with Gasteiger partial charge < -0.3 is 14.5 Å². The Morgan fingerprint density at radius 3 is 2.88 bits per heavy atom. The van der Waals surface area contributed by atoms with Crippen LogP contribution in [0.1, 0.15) is 24.6 Å². The Kier molecular flexibility index (Phi) is 5.48. The van der Waals surface area contributed by atoms with Crippen LogP contribution >= 0.6 is 11.6 Å². The van der Waals surface area contributed by atoms with E-state index >= 15 is 0 Å². The fourth-order valence-corrected chi connectivity index (χ4v) is 5.17. The molecule has 168 valence electrons. The molecule has 0 amide bonds. The minimum atomic E-state index is 0.0711. The van der Waals surface area contributed by atoms with Gasteiger partial charge in [-0.3, -0.25) is 4.68 Å². The van der Waals surface area contributed by atoms with E-state index in [4.69, 9.17) is 21.4 Å². The molecule has 0 spiro atoms. The first-order valence-corrected chi connectivity index (χ1v) is 11.6. The zero-order valence-corrected chi connectivity index (χ0v) is 19.5. The van der Waals surface area contributed by atoms with Gasteiger partial charge in [-0.25, -0.2) is 4.52 Å². The standard InChI is InChI=1S/C23H28ClN7O/c1-15-20-5-7-29(14-25)8-9-30(20)27-22(15)18-10-21(23-19(24)11-26-31(23)13-18)32-16(2)17-4-6-28(3)12-17/h10-11,13,16-17H,4-9,12H2,1-3H3. The van der Waals surface area contributed by atoms with Crippen LogP contribution in [0.3, 0.4) is 0 Å². The molecule has 9 heteroatoms. The van der Waals surface area contributed by atoms with Gasteiger partial charge in [0.1, 0.15) is 17.4 Å². The molecule has 2 unspecified atom stereocenters. The van der Waals surface area contributed by atoms with Crippen molar-refractivity contribution in [3.63, 3.8) is 0 Å². The molecule has 1 fully saturated rings. The van der Waals surface area contributed by atoms with Gasteiger partial charge in [-0.05, 0) is 45.5 Å². The van der Waals surface area contributed by atoms with E-state index in [0.29, 0.717) is 24.0 Å². The van der Waals surface area contributed by atoms with Gasteiger partial charge in [0, 0.05) is 49.4 Å². The van der Waals surface area contributed by atoms with Crippen LogP contribution < -0.4 is 4.74 Å². The summed E-state index contributed by atoms with van der Waals surface area (Å²) in [5.41, 5.74) is 4.99. The van der Waals surface area contributed by atoms with Crippen molar-refractivity contribution in [2.45, 2.75) is 39.3 Å². The maximum atomic E-state index is 9.24. The first-order chi connectivity index (χ1) is 15.4. The highest BCUT2D eigenvalue weighted by Gasteiger charge is 2.28. The Labute approximate surface area is 192 Å². The van der Waals surface area contributed by atoms with Gasteiger partial charge in [0.2, 0.25) is 0 Å². The predicted octanol–water partition coefficient (Wildman–Crippen LogP) is 3.22. The largest absolute Gasteiger partial charge is 0.488 e. The number of nitrogens with zero attached hydrogens (tertiary/aromatic N) is 7. The number of aromatic nitrogens is 4. The van der Waals surface area contributed by atoms with Crippen LogP contribution in [0.2, 0.25) is 5.02 Å². The lowest BCUT2D eigenvalue weighted by molar-refractivity contribution is 0.156. The fraction of sp³-hybridized carbons (Fsp3) is 0.522. The van der Waals surface area contributed by atoms with E-state index in [1.54, 1.807) is 15.6 Å². The summed E-state index contributed by atoms with van der Waals surface area (Å²) in [6.07, 6.45) is 7.89. The van der Waals surface area contributed by atoms with Crippen molar-refractivity contribution in [1.82, 2.24) is 29.2 Å². The topological polar surface area (TPSA) is 74.6 Å². The van der Waals surface area contributed by atoms with Crippen LogP contribution in [0.5, 0.6) is 5.75 Å². The van der Waals surface area contributed by atoms with Crippen molar-refractivity contribution < 1.29 is 4.74 Å². The lowest BCUT2D eigenvalue weighted by Crippen LogP contribution is -2.26. The summed E-state index contributed by atoms with van der Waals surface area (Å²) in [5, 5.41) is 19.2. The highest BCUT2D eigenvalue weighted by molar-refractivity contribution is 6.34. The zero-order valence-electron chi connectivity index (χ0n) is 18.8. The molecule has 0 N–H and O–H groups in total. The molecule has 0 bridgehead atoms. The van der Waals surface area contributed by atoms with Crippen molar-refractivity contribution >= 4 is 17.1 Å². The van der Waals surface area contributed by atoms with Crippen LogP contribution in [0, 0.1) is 24.3 Å². The normalized spacial score (nSPS) is 20.2. The summed E-state index contributed by atoms with van der Waals surface area (Å²) in [4.78, 5) is 4.14. The second-order valence-corrected chi connectivity index (χ2v) is 9.40. The zero-order chi connectivity index (χ0) is 22.4. The van der Waals surface area contributed by atoms with Gasteiger partial charge >= 0.3 is 0 Å². The summed E-state index contributed by atoms with van der Waals surface area (Å²) >= 11 is 6.48. The van der Waals surface area contributed by atoms with E-state index < -0.39 is 0 Å². The first kappa shape index (κ1) is 21.1. The number of nitriles is 1. The summed E-state index contributed by atoms with van der Waals surface area (Å²) in [7, 11) is 2.15. The van der Waals surface area contributed by atoms with Crippen LogP contribution in [0.25, 0.3) is 16.8 Å². The Hall–Kier alpha value is -2.76. The lowest BCUT2D eigenvalue weighted by Gasteiger charge is -2.22. The Morgan fingerprint density at radius 1 is 1.28 bits per heavy atom. The van der Waals surface area contributed by atoms with Crippen molar-refractivity contribution in [3.05, 3.63) is 34.7 Å². The van der Waals surface area contributed by atoms with Crippen LogP contribution in [-0.2, 0) is 13.0 Å². The van der Waals surface area contributed by atoms with E-state index in [9.17, 15) is 5.26 Å². The number of fused-ring (bicyclic) bond motifs is 2. The number of pyridine rings is 1. The minimum Gasteiger partial charge on any atom is -0.488 e. The average Bonchev–Trinajstić information content (AvgIpc) is 3.42. The highest BCUT2D eigenvalue weighted by Crippen LogP contribution is 2.35. The third-order valence-corrected chi connectivity index (χ3v) is 7.15. The molecule has 0 saturated carbocycles. The summed E-state index contributed by atoms with van der Waals surface area (Å²) in [6.45, 7) is 8.49. The Morgan fingerprint density at radius 2 is 2.12 bits per heavy atom. The van der Waals surface area contributed by atoms with Crippen molar-refractivity contribution in [1.29, 1.82) is 5.26 Å². The number of rotatable bonds is 4. The van der Waals surface area contributed by atoms with Crippen LogP contribution in [-0.4, -0.2) is 68.5 Å². The third kappa shape index (κ3) is 3.70. The molecule has 0 aliphatic carbocycles. The van der Waals surface area contributed by atoms with Gasteiger partial charge in [-0.15, -0.1) is 0 Å². The van der Waals surface area contributed by atoms with E-state index in [1.165, 1.54) is 5.69 Å². The number of hydrogen-bond donors (Lipinski definition) is 0. The van der Waals surface area contributed by atoms with Gasteiger partial charge in [-0.2, -0.15) is 15.5 Å². The molecule has 1 saturated heterocycles.